The number of aromatic nitrogens is 2. The second-order valence-electron chi connectivity index (χ2n) is 6.17. The lowest BCUT2D eigenvalue weighted by atomic mass is 10.1. The second-order valence-corrected chi connectivity index (χ2v) is 6.17. The number of aryl methyl sites for hydroxylation is 1. The molecule has 5 nitrogen and oxygen atoms in total. The van der Waals surface area contributed by atoms with Crippen LogP contribution in [0.15, 0.2) is 54.7 Å². The number of fused-ring (bicyclic) bond motifs is 2. The fourth-order valence-corrected chi connectivity index (χ4v) is 3.30. The topological polar surface area (TPSA) is 47.4 Å². The van der Waals surface area contributed by atoms with E-state index in [9.17, 15) is 4.79 Å². The zero-order valence-corrected chi connectivity index (χ0v) is 14.3. The first kappa shape index (κ1) is 15.4. The quantitative estimate of drug-likeness (QED) is 0.724. The Kier molecular flexibility index (Phi) is 3.76. The average Bonchev–Trinajstić information content (AvgIpc) is 2.90. The van der Waals surface area contributed by atoms with Gasteiger partial charge in [-0.2, -0.15) is 5.10 Å². The lowest BCUT2D eigenvalue weighted by Crippen LogP contribution is -2.30. The van der Waals surface area contributed by atoms with Crippen LogP contribution < -0.4 is 9.64 Å². The molecule has 0 fully saturated rings. The highest BCUT2D eigenvalue weighted by Gasteiger charge is 2.26. The first-order chi connectivity index (χ1) is 12.2. The van der Waals surface area contributed by atoms with Gasteiger partial charge in [-0.1, -0.05) is 18.2 Å². The van der Waals surface area contributed by atoms with Crippen LogP contribution in [0.5, 0.6) is 5.75 Å². The Morgan fingerprint density at radius 3 is 2.60 bits per heavy atom. The Hall–Kier alpha value is -3.08. The Morgan fingerprint density at radius 1 is 1.08 bits per heavy atom. The van der Waals surface area contributed by atoms with E-state index >= 15 is 0 Å². The number of rotatable bonds is 2. The van der Waals surface area contributed by atoms with Gasteiger partial charge in [0, 0.05) is 36.0 Å². The zero-order valence-electron chi connectivity index (χ0n) is 14.3. The van der Waals surface area contributed by atoms with Crippen LogP contribution in [0.4, 0.5) is 5.69 Å². The van der Waals surface area contributed by atoms with Crippen molar-refractivity contribution in [2.75, 3.05) is 12.0 Å². The van der Waals surface area contributed by atoms with E-state index in [2.05, 4.69) is 11.2 Å². The Bertz CT molecular complexity index is 928. The molecule has 0 spiro atoms. The van der Waals surface area contributed by atoms with Gasteiger partial charge in [0.15, 0.2) is 0 Å². The van der Waals surface area contributed by atoms with Crippen LogP contribution in [0.25, 0.3) is 0 Å². The second kappa shape index (κ2) is 6.09. The van der Waals surface area contributed by atoms with Gasteiger partial charge >= 0.3 is 0 Å². The van der Waals surface area contributed by atoms with Crippen LogP contribution in [0.3, 0.4) is 0 Å². The standard InChI is InChI=1S/C20H19N3O2/c1-22-19-11-15-5-3-4-6-18(15)23(13-16(19)12-21-22)20(24)14-7-9-17(25-2)10-8-14/h3-10,12H,11,13H2,1-2H3. The number of hydrogen-bond donors (Lipinski definition) is 0. The molecule has 0 bridgehead atoms. The molecule has 1 amide bonds. The van der Waals surface area contributed by atoms with Crippen LogP contribution >= 0.6 is 0 Å². The van der Waals surface area contributed by atoms with Crippen molar-refractivity contribution in [1.29, 1.82) is 0 Å². The van der Waals surface area contributed by atoms with Crippen molar-refractivity contribution in [1.82, 2.24) is 9.78 Å². The Morgan fingerprint density at radius 2 is 1.84 bits per heavy atom. The number of methoxy groups -OCH3 is 1. The number of carbonyl (C=O) groups excluding carboxylic acids is 1. The Labute approximate surface area is 146 Å². The summed E-state index contributed by atoms with van der Waals surface area (Å²) in [6.45, 7) is 0.519. The van der Waals surface area contributed by atoms with Gasteiger partial charge < -0.3 is 9.64 Å². The molecule has 3 aromatic rings. The van der Waals surface area contributed by atoms with E-state index in [1.165, 1.54) is 0 Å². The minimum Gasteiger partial charge on any atom is -0.497 e. The predicted molar refractivity (Wildman–Crippen MR) is 96.0 cm³/mol. The van der Waals surface area contributed by atoms with Crippen LogP contribution in [0.2, 0.25) is 0 Å². The molecule has 2 aromatic carbocycles. The summed E-state index contributed by atoms with van der Waals surface area (Å²) >= 11 is 0. The minimum atomic E-state index is -0.0215. The molecular formula is C20H19N3O2. The highest BCUT2D eigenvalue weighted by molar-refractivity contribution is 6.06. The van der Waals surface area contributed by atoms with Gasteiger partial charge in [0.05, 0.1) is 19.9 Å². The molecule has 0 N–H and O–H groups in total. The summed E-state index contributed by atoms with van der Waals surface area (Å²) in [4.78, 5) is 15.0. The molecule has 126 valence electrons. The molecule has 5 heteroatoms. The van der Waals surface area contributed by atoms with Crippen LogP contribution in [0, 0.1) is 0 Å². The molecule has 1 aliphatic heterocycles. The summed E-state index contributed by atoms with van der Waals surface area (Å²) in [7, 11) is 3.56. The summed E-state index contributed by atoms with van der Waals surface area (Å²) in [5.74, 6) is 0.717. The molecule has 2 heterocycles. The lowest BCUT2D eigenvalue weighted by Gasteiger charge is -2.23. The molecule has 0 unspecified atom stereocenters. The molecule has 0 saturated carbocycles. The molecule has 0 atom stereocenters. The van der Waals surface area contributed by atoms with Crippen LogP contribution in [0.1, 0.15) is 27.2 Å². The SMILES string of the molecule is COc1ccc(C(=O)N2Cc3cnn(C)c3Cc3ccccc32)cc1. The number of ether oxygens (including phenoxy) is 1. The van der Waals surface area contributed by atoms with E-state index in [0.29, 0.717) is 12.1 Å². The molecule has 0 saturated heterocycles. The van der Waals surface area contributed by atoms with E-state index in [-0.39, 0.29) is 5.91 Å². The normalized spacial score (nSPS) is 13.0. The highest BCUT2D eigenvalue weighted by atomic mass is 16.5. The number of amides is 1. The third-order valence-corrected chi connectivity index (χ3v) is 4.70. The molecular weight excluding hydrogens is 314 g/mol. The van der Waals surface area contributed by atoms with Gasteiger partial charge in [-0.25, -0.2) is 0 Å². The van der Waals surface area contributed by atoms with Crippen molar-refractivity contribution in [3.05, 3.63) is 77.1 Å². The number of benzene rings is 2. The molecule has 1 aliphatic rings. The van der Waals surface area contributed by atoms with Gasteiger partial charge in [0.1, 0.15) is 5.75 Å². The van der Waals surface area contributed by atoms with E-state index in [1.54, 1.807) is 19.2 Å². The zero-order chi connectivity index (χ0) is 17.4. The molecule has 0 aliphatic carbocycles. The number of carbonyl (C=O) groups is 1. The van der Waals surface area contributed by atoms with Gasteiger partial charge in [-0.15, -0.1) is 0 Å². The van der Waals surface area contributed by atoms with E-state index in [0.717, 1.165) is 34.7 Å². The highest BCUT2D eigenvalue weighted by Crippen LogP contribution is 2.31. The minimum absolute atomic E-state index is 0.0215. The Balaban J connectivity index is 1.78. The molecule has 4 rings (SSSR count). The summed E-state index contributed by atoms with van der Waals surface area (Å²) in [5.41, 5.74) is 4.97. The number of hydrogen-bond acceptors (Lipinski definition) is 3. The van der Waals surface area contributed by atoms with Crippen LogP contribution in [-0.4, -0.2) is 22.8 Å². The van der Waals surface area contributed by atoms with Gasteiger partial charge in [0.25, 0.3) is 5.91 Å². The first-order valence-corrected chi connectivity index (χ1v) is 8.21. The van der Waals surface area contributed by atoms with Crippen molar-refractivity contribution in [3.8, 4) is 5.75 Å². The fraction of sp³-hybridized carbons (Fsp3) is 0.200. The first-order valence-electron chi connectivity index (χ1n) is 8.21. The summed E-state index contributed by atoms with van der Waals surface area (Å²) in [6, 6.07) is 15.3. The fourth-order valence-electron chi connectivity index (χ4n) is 3.30. The molecule has 25 heavy (non-hydrogen) atoms. The van der Waals surface area contributed by atoms with Crippen molar-refractivity contribution in [2.24, 2.45) is 7.05 Å². The summed E-state index contributed by atoms with van der Waals surface area (Å²) in [6.07, 6.45) is 2.63. The largest absolute Gasteiger partial charge is 0.497 e. The third kappa shape index (κ3) is 2.67. The number of anilines is 1. The van der Waals surface area contributed by atoms with E-state index < -0.39 is 0 Å². The predicted octanol–water partition coefficient (Wildman–Crippen LogP) is 3.18. The van der Waals surface area contributed by atoms with Crippen molar-refractivity contribution >= 4 is 11.6 Å². The van der Waals surface area contributed by atoms with Gasteiger partial charge in [0.2, 0.25) is 0 Å². The van der Waals surface area contributed by atoms with Gasteiger partial charge in [-0.3, -0.25) is 9.48 Å². The number of nitrogens with zero attached hydrogens (tertiary/aromatic N) is 3. The van der Waals surface area contributed by atoms with Crippen LogP contribution in [-0.2, 0) is 20.0 Å². The lowest BCUT2D eigenvalue weighted by molar-refractivity contribution is 0.0985. The third-order valence-electron chi connectivity index (χ3n) is 4.70. The molecule has 1 aromatic heterocycles. The maximum Gasteiger partial charge on any atom is 0.258 e. The summed E-state index contributed by atoms with van der Waals surface area (Å²) in [5, 5.41) is 4.36. The smallest absolute Gasteiger partial charge is 0.258 e. The summed E-state index contributed by atoms with van der Waals surface area (Å²) < 4.78 is 7.08. The van der Waals surface area contributed by atoms with Crippen molar-refractivity contribution in [3.63, 3.8) is 0 Å². The number of para-hydroxylation sites is 1. The van der Waals surface area contributed by atoms with Crippen molar-refractivity contribution < 1.29 is 9.53 Å². The van der Waals surface area contributed by atoms with E-state index in [1.807, 2.05) is 53.2 Å². The van der Waals surface area contributed by atoms with Crippen molar-refractivity contribution in [2.45, 2.75) is 13.0 Å². The average molecular weight is 333 g/mol. The maximum absolute atomic E-state index is 13.2. The maximum atomic E-state index is 13.2. The monoisotopic (exact) mass is 333 g/mol. The molecule has 0 radical (unpaired) electrons. The van der Waals surface area contributed by atoms with Gasteiger partial charge in [-0.05, 0) is 35.9 Å². The van der Waals surface area contributed by atoms with E-state index in [4.69, 9.17) is 4.74 Å².